The summed E-state index contributed by atoms with van der Waals surface area (Å²) in [4.78, 5) is 12.2. The van der Waals surface area contributed by atoms with Crippen molar-refractivity contribution in [3.63, 3.8) is 0 Å². The van der Waals surface area contributed by atoms with Crippen molar-refractivity contribution in [3.8, 4) is 0 Å². The highest BCUT2D eigenvalue weighted by molar-refractivity contribution is 5.79. The van der Waals surface area contributed by atoms with Gasteiger partial charge in [-0.2, -0.15) is 0 Å². The number of carbonyl (C=O) groups is 1. The molecule has 4 rings (SSSR count). The first-order valence-corrected chi connectivity index (χ1v) is 10.6. The zero-order valence-electron chi connectivity index (χ0n) is 16.3. The Balaban J connectivity index is 1.51. The zero-order chi connectivity index (χ0) is 17.8. The van der Waals surface area contributed by atoms with E-state index in [0.29, 0.717) is 24.2 Å². The fourth-order valence-corrected chi connectivity index (χ4v) is 8.03. The topological polar surface area (TPSA) is 46.5 Å². The maximum absolute atomic E-state index is 12.2. The van der Waals surface area contributed by atoms with Crippen LogP contribution in [-0.4, -0.2) is 30.2 Å². The summed E-state index contributed by atoms with van der Waals surface area (Å²) in [5.41, 5.74) is -0.315. The normalized spacial score (nSPS) is 52.2. The van der Waals surface area contributed by atoms with E-state index >= 15 is 0 Å². The Labute approximate surface area is 152 Å². The highest BCUT2D eigenvalue weighted by Gasteiger charge is 2.58. The number of rotatable bonds is 3. The standard InChI is InChI=1S/C22H36O3/c1-14(23)19-6-7-20-18-5-4-15-12-22(24,13-25-3)11-9-16(15)17(18)8-10-21(19,20)2/h15-20,24H,4-13H2,1-3H3/t15?,16-,17?,18?,19+,20?,21+,22+/m0/s1. The molecule has 0 aromatic rings. The predicted molar refractivity (Wildman–Crippen MR) is 98.1 cm³/mol. The molecule has 0 aromatic heterocycles. The van der Waals surface area contributed by atoms with Gasteiger partial charge in [-0.05, 0) is 99.7 Å². The number of hydrogen-bond donors (Lipinski definition) is 1. The van der Waals surface area contributed by atoms with Gasteiger partial charge in [-0.25, -0.2) is 0 Å². The smallest absolute Gasteiger partial charge is 0.133 e. The summed E-state index contributed by atoms with van der Waals surface area (Å²) in [6, 6.07) is 0. The molecule has 4 aliphatic carbocycles. The SMILES string of the molecule is COC[C@@]1(O)CC[C@H]2C(CCC3C2CC[C@@]2(C)C3CC[C@@H]2C(C)=O)C1. The van der Waals surface area contributed by atoms with Crippen molar-refractivity contribution in [1.29, 1.82) is 0 Å². The van der Waals surface area contributed by atoms with Crippen LogP contribution in [-0.2, 0) is 9.53 Å². The molecule has 4 aliphatic rings. The Kier molecular flexibility index (Phi) is 4.56. The Morgan fingerprint density at radius 3 is 2.52 bits per heavy atom. The summed E-state index contributed by atoms with van der Waals surface area (Å²) in [6.45, 7) is 4.74. The van der Waals surface area contributed by atoms with Gasteiger partial charge in [-0.3, -0.25) is 4.79 Å². The molecule has 8 atom stereocenters. The lowest BCUT2D eigenvalue weighted by Crippen LogP contribution is -2.52. The lowest BCUT2D eigenvalue weighted by atomic mass is 9.49. The van der Waals surface area contributed by atoms with Gasteiger partial charge in [0.05, 0.1) is 12.2 Å². The Hall–Kier alpha value is -0.410. The van der Waals surface area contributed by atoms with Crippen LogP contribution < -0.4 is 0 Å². The van der Waals surface area contributed by atoms with Crippen molar-refractivity contribution in [1.82, 2.24) is 0 Å². The molecule has 0 amide bonds. The monoisotopic (exact) mass is 348 g/mol. The third-order valence-corrected chi connectivity index (χ3v) is 9.01. The second kappa shape index (κ2) is 6.34. The van der Waals surface area contributed by atoms with Crippen molar-refractivity contribution in [3.05, 3.63) is 0 Å². The van der Waals surface area contributed by atoms with Crippen molar-refractivity contribution < 1.29 is 14.6 Å². The van der Waals surface area contributed by atoms with E-state index in [1.165, 1.54) is 38.5 Å². The van der Waals surface area contributed by atoms with E-state index in [-0.39, 0.29) is 5.41 Å². The van der Waals surface area contributed by atoms with E-state index < -0.39 is 5.60 Å². The van der Waals surface area contributed by atoms with E-state index in [4.69, 9.17) is 4.74 Å². The van der Waals surface area contributed by atoms with Crippen LogP contribution in [0.1, 0.15) is 71.6 Å². The van der Waals surface area contributed by atoms with Crippen LogP contribution in [0.2, 0.25) is 0 Å². The van der Waals surface area contributed by atoms with Gasteiger partial charge in [0.2, 0.25) is 0 Å². The van der Waals surface area contributed by atoms with Gasteiger partial charge >= 0.3 is 0 Å². The number of methoxy groups -OCH3 is 1. The van der Waals surface area contributed by atoms with E-state index in [0.717, 1.165) is 42.9 Å². The first kappa shape index (κ1) is 18.0. The predicted octanol–water partition coefficient (Wildman–Crippen LogP) is 4.22. The van der Waals surface area contributed by atoms with E-state index in [1.807, 2.05) is 6.92 Å². The molecule has 0 bridgehead atoms. The van der Waals surface area contributed by atoms with E-state index in [1.54, 1.807) is 7.11 Å². The minimum atomic E-state index is -0.584. The fourth-order valence-electron chi connectivity index (χ4n) is 8.03. The van der Waals surface area contributed by atoms with Crippen LogP contribution in [0.15, 0.2) is 0 Å². The van der Waals surface area contributed by atoms with Crippen molar-refractivity contribution in [2.75, 3.05) is 13.7 Å². The van der Waals surface area contributed by atoms with Gasteiger partial charge in [0.1, 0.15) is 5.78 Å². The molecule has 0 aromatic carbocycles. The zero-order valence-corrected chi connectivity index (χ0v) is 16.3. The number of hydrogen-bond acceptors (Lipinski definition) is 3. The highest BCUT2D eigenvalue weighted by atomic mass is 16.5. The Morgan fingerprint density at radius 1 is 1.04 bits per heavy atom. The third-order valence-electron chi connectivity index (χ3n) is 9.01. The number of ketones is 1. The number of Topliss-reactive ketones (excluding diaryl/α,β-unsaturated/α-hetero) is 1. The number of fused-ring (bicyclic) bond motifs is 5. The van der Waals surface area contributed by atoms with Gasteiger partial charge in [0.15, 0.2) is 0 Å². The molecule has 0 radical (unpaired) electrons. The minimum Gasteiger partial charge on any atom is -0.387 e. The molecule has 4 fully saturated rings. The highest BCUT2D eigenvalue weighted by Crippen LogP contribution is 2.64. The molecule has 25 heavy (non-hydrogen) atoms. The molecule has 0 aliphatic heterocycles. The van der Waals surface area contributed by atoms with Crippen LogP contribution in [0.25, 0.3) is 0 Å². The first-order valence-electron chi connectivity index (χ1n) is 10.6. The molecule has 4 saturated carbocycles. The van der Waals surface area contributed by atoms with Crippen LogP contribution >= 0.6 is 0 Å². The average molecular weight is 349 g/mol. The van der Waals surface area contributed by atoms with Crippen molar-refractivity contribution in [2.45, 2.75) is 77.2 Å². The van der Waals surface area contributed by atoms with Crippen molar-refractivity contribution in [2.24, 2.45) is 40.9 Å². The first-order chi connectivity index (χ1) is 11.9. The maximum atomic E-state index is 12.2. The summed E-state index contributed by atoms with van der Waals surface area (Å²) >= 11 is 0. The number of carbonyl (C=O) groups excluding carboxylic acids is 1. The molecule has 0 saturated heterocycles. The summed E-state index contributed by atoms with van der Waals surface area (Å²) in [6.07, 6.45) is 10.6. The van der Waals surface area contributed by atoms with Gasteiger partial charge in [0.25, 0.3) is 0 Å². The van der Waals surface area contributed by atoms with Crippen molar-refractivity contribution >= 4 is 5.78 Å². The van der Waals surface area contributed by atoms with Gasteiger partial charge in [0, 0.05) is 13.0 Å². The molecule has 3 nitrogen and oxygen atoms in total. The molecule has 0 spiro atoms. The Bertz CT molecular complexity index is 531. The van der Waals surface area contributed by atoms with Crippen LogP contribution in [0.5, 0.6) is 0 Å². The van der Waals surface area contributed by atoms with E-state index in [9.17, 15) is 9.90 Å². The second-order valence-electron chi connectivity index (χ2n) is 10.1. The lowest BCUT2D eigenvalue weighted by molar-refractivity contribution is -0.134. The van der Waals surface area contributed by atoms with Crippen LogP contribution in [0, 0.1) is 40.9 Å². The Morgan fingerprint density at radius 2 is 1.80 bits per heavy atom. The average Bonchev–Trinajstić information content (AvgIpc) is 2.91. The molecule has 1 N–H and O–H groups in total. The van der Waals surface area contributed by atoms with Crippen LogP contribution in [0.4, 0.5) is 0 Å². The molecule has 142 valence electrons. The molecular formula is C22H36O3. The quantitative estimate of drug-likeness (QED) is 0.830. The van der Waals surface area contributed by atoms with Gasteiger partial charge in [-0.1, -0.05) is 6.92 Å². The second-order valence-corrected chi connectivity index (χ2v) is 10.1. The largest absolute Gasteiger partial charge is 0.387 e. The van der Waals surface area contributed by atoms with Gasteiger partial charge in [-0.15, -0.1) is 0 Å². The fraction of sp³-hybridized carbons (Fsp3) is 0.955. The summed E-state index contributed by atoms with van der Waals surface area (Å²) in [5.74, 6) is 4.67. The minimum absolute atomic E-state index is 0.269. The van der Waals surface area contributed by atoms with Gasteiger partial charge < -0.3 is 9.84 Å². The van der Waals surface area contributed by atoms with Crippen LogP contribution in [0.3, 0.4) is 0 Å². The molecule has 4 unspecified atom stereocenters. The molecule has 3 heteroatoms. The summed E-state index contributed by atoms with van der Waals surface area (Å²) in [5, 5.41) is 10.8. The number of ether oxygens (including phenoxy) is 1. The summed E-state index contributed by atoms with van der Waals surface area (Å²) < 4.78 is 5.29. The third kappa shape index (κ3) is 2.81. The number of aliphatic hydroxyl groups is 1. The summed E-state index contributed by atoms with van der Waals surface area (Å²) in [7, 11) is 1.70. The molecule has 0 heterocycles. The van der Waals surface area contributed by atoms with E-state index in [2.05, 4.69) is 6.92 Å². The lowest BCUT2D eigenvalue weighted by Gasteiger charge is -2.57. The maximum Gasteiger partial charge on any atom is 0.133 e. The molecular weight excluding hydrogens is 312 g/mol.